The molecule has 3 aromatic carbocycles. The molecule has 0 aliphatic rings. The normalized spacial score (nSPS) is 11.1. The Morgan fingerprint density at radius 1 is 0.931 bits per heavy atom. The first-order chi connectivity index (χ1) is 13.8. The van der Waals surface area contributed by atoms with Gasteiger partial charge in [-0.1, -0.05) is 52.3 Å². The number of benzene rings is 3. The highest BCUT2D eigenvalue weighted by Gasteiger charge is 2.28. The van der Waals surface area contributed by atoms with E-state index in [-0.39, 0.29) is 11.4 Å². The van der Waals surface area contributed by atoms with Gasteiger partial charge in [-0.25, -0.2) is 8.42 Å². The Morgan fingerprint density at radius 2 is 1.59 bits per heavy atom. The van der Waals surface area contributed by atoms with Crippen LogP contribution in [0.15, 0.2) is 82.2 Å². The summed E-state index contributed by atoms with van der Waals surface area (Å²) in [4.78, 5) is 12.9. The number of anilines is 2. The zero-order valence-electron chi connectivity index (χ0n) is 16.1. The fourth-order valence-electron chi connectivity index (χ4n) is 2.92. The lowest BCUT2D eigenvalue weighted by molar-refractivity contribution is -0.114. The van der Waals surface area contributed by atoms with Gasteiger partial charge in [-0.05, 0) is 61.4 Å². The lowest BCUT2D eigenvalue weighted by Gasteiger charge is -2.25. The van der Waals surface area contributed by atoms with Crippen LogP contribution in [0.2, 0.25) is 0 Å². The van der Waals surface area contributed by atoms with E-state index in [2.05, 4.69) is 21.2 Å². The SMILES string of the molecule is Cc1cc(NC(=O)CN(c2ccccc2C)S(=O)(=O)c2ccccc2)ccc1Br. The third-order valence-corrected chi connectivity index (χ3v) is 7.11. The molecule has 0 saturated carbocycles. The summed E-state index contributed by atoms with van der Waals surface area (Å²) in [5.74, 6) is -0.422. The Hall–Kier alpha value is -2.64. The number of sulfonamides is 1. The van der Waals surface area contributed by atoms with Crippen LogP contribution >= 0.6 is 15.9 Å². The maximum absolute atomic E-state index is 13.3. The average Bonchev–Trinajstić information content (AvgIpc) is 2.70. The van der Waals surface area contributed by atoms with Gasteiger partial charge in [0.1, 0.15) is 6.54 Å². The van der Waals surface area contributed by atoms with Crippen LogP contribution in [0.3, 0.4) is 0 Å². The van der Waals surface area contributed by atoms with Crippen LogP contribution in [-0.4, -0.2) is 20.9 Å². The highest BCUT2D eigenvalue weighted by atomic mass is 79.9. The summed E-state index contributed by atoms with van der Waals surface area (Å²) in [6.07, 6.45) is 0. The summed E-state index contributed by atoms with van der Waals surface area (Å²) >= 11 is 3.43. The number of amides is 1. The molecule has 0 fully saturated rings. The number of hydrogen-bond acceptors (Lipinski definition) is 3. The van der Waals surface area contributed by atoms with Crippen LogP contribution < -0.4 is 9.62 Å². The molecule has 0 radical (unpaired) electrons. The number of nitrogens with zero attached hydrogens (tertiary/aromatic N) is 1. The summed E-state index contributed by atoms with van der Waals surface area (Å²) in [5.41, 5.74) is 2.81. The molecule has 1 amide bonds. The highest BCUT2D eigenvalue weighted by molar-refractivity contribution is 9.10. The molecule has 29 heavy (non-hydrogen) atoms. The fourth-order valence-corrected chi connectivity index (χ4v) is 4.67. The molecule has 0 aromatic heterocycles. The number of nitrogens with one attached hydrogen (secondary N) is 1. The molecular weight excluding hydrogens is 452 g/mol. The maximum atomic E-state index is 13.3. The van der Waals surface area contributed by atoms with Gasteiger partial charge < -0.3 is 5.32 Å². The van der Waals surface area contributed by atoms with Gasteiger partial charge in [-0.15, -0.1) is 0 Å². The number of rotatable bonds is 6. The molecule has 0 unspecified atom stereocenters. The quantitative estimate of drug-likeness (QED) is 0.554. The molecular formula is C22H21BrN2O3S. The van der Waals surface area contributed by atoms with E-state index in [1.807, 2.05) is 38.1 Å². The van der Waals surface area contributed by atoms with Crippen LogP contribution in [-0.2, 0) is 14.8 Å². The molecule has 7 heteroatoms. The van der Waals surface area contributed by atoms with Crippen molar-refractivity contribution in [3.05, 3.63) is 88.4 Å². The molecule has 5 nitrogen and oxygen atoms in total. The van der Waals surface area contributed by atoms with Crippen molar-refractivity contribution in [1.29, 1.82) is 0 Å². The second kappa shape index (κ2) is 8.80. The number of halogens is 1. The Morgan fingerprint density at radius 3 is 2.24 bits per heavy atom. The van der Waals surface area contributed by atoms with Crippen molar-refractivity contribution < 1.29 is 13.2 Å². The molecule has 3 rings (SSSR count). The lowest BCUT2D eigenvalue weighted by Crippen LogP contribution is -2.38. The monoisotopic (exact) mass is 472 g/mol. The van der Waals surface area contributed by atoms with Crippen LogP contribution in [0.1, 0.15) is 11.1 Å². The Labute approximate surface area is 179 Å². The zero-order valence-corrected chi connectivity index (χ0v) is 18.5. The largest absolute Gasteiger partial charge is 0.325 e. The molecule has 0 saturated heterocycles. The smallest absolute Gasteiger partial charge is 0.264 e. The predicted molar refractivity (Wildman–Crippen MR) is 120 cm³/mol. The molecule has 0 aliphatic carbocycles. The van der Waals surface area contributed by atoms with Crippen molar-refractivity contribution in [2.24, 2.45) is 0 Å². The fraction of sp³-hybridized carbons (Fsp3) is 0.136. The summed E-state index contributed by atoms with van der Waals surface area (Å²) in [5, 5.41) is 2.79. The molecule has 0 spiro atoms. The van der Waals surface area contributed by atoms with Gasteiger partial charge >= 0.3 is 0 Å². The first-order valence-electron chi connectivity index (χ1n) is 8.98. The summed E-state index contributed by atoms with van der Waals surface area (Å²) in [6, 6.07) is 20.7. The number of aryl methyl sites for hydroxylation is 2. The van der Waals surface area contributed by atoms with Crippen molar-refractivity contribution >= 4 is 43.2 Å². The predicted octanol–water partition coefficient (Wildman–Crippen LogP) is 4.90. The van der Waals surface area contributed by atoms with E-state index >= 15 is 0 Å². The second-order valence-electron chi connectivity index (χ2n) is 6.62. The van der Waals surface area contributed by atoms with Gasteiger partial charge in [-0.2, -0.15) is 0 Å². The highest BCUT2D eigenvalue weighted by Crippen LogP contribution is 2.27. The second-order valence-corrected chi connectivity index (χ2v) is 9.34. The zero-order chi connectivity index (χ0) is 21.0. The molecule has 150 valence electrons. The number of para-hydroxylation sites is 1. The maximum Gasteiger partial charge on any atom is 0.264 e. The van der Waals surface area contributed by atoms with E-state index in [0.717, 1.165) is 19.9 Å². The topological polar surface area (TPSA) is 66.5 Å². The van der Waals surface area contributed by atoms with Crippen molar-refractivity contribution in [3.8, 4) is 0 Å². The van der Waals surface area contributed by atoms with Crippen molar-refractivity contribution in [2.45, 2.75) is 18.7 Å². The van der Waals surface area contributed by atoms with Crippen LogP contribution in [0.25, 0.3) is 0 Å². The molecule has 0 aliphatic heterocycles. The Balaban J connectivity index is 1.94. The molecule has 0 bridgehead atoms. The Bertz CT molecular complexity index is 1130. The first-order valence-corrected chi connectivity index (χ1v) is 11.2. The molecule has 0 heterocycles. The minimum atomic E-state index is -3.91. The minimum absolute atomic E-state index is 0.135. The molecule has 0 atom stereocenters. The van der Waals surface area contributed by atoms with E-state index in [9.17, 15) is 13.2 Å². The number of carbonyl (C=O) groups excluding carboxylic acids is 1. The summed E-state index contributed by atoms with van der Waals surface area (Å²) in [7, 11) is -3.91. The van der Waals surface area contributed by atoms with Crippen molar-refractivity contribution in [3.63, 3.8) is 0 Å². The van der Waals surface area contributed by atoms with E-state index < -0.39 is 15.9 Å². The van der Waals surface area contributed by atoms with Crippen molar-refractivity contribution in [2.75, 3.05) is 16.2 Å². The standard InChI is InChI=1S/C22H21BrN2O3S/c1-16-8-6-7-11-21(16)25(29(27,28)19-9-4-3-5-10-19)15-22(26)24-18-12-13-20(23)17(2)14-18/h3-14H,15H2,1-2H3,(H,24,26). The lowest BCUT2D eigenvalue weighted by atomic mass is 10.2. The summed E-state index contributed by atoms with van der Waals surface area (Å²) in [6.45, 7) is 3.40. The van der Waals surface area contributed by atoms with E-state index in [1.165, 1.54) is 12.1 Å². The van der Waals surface area contributed by atoms with Crippen LogP contribution in [0.5, 0.6) is 0 Å². The van der Waals surface area contributed by atoms with E-state index in [4.69, 9.17) is 0 Å². The van der Waals surface area contributed by atoms with Gasteiger partial charge in [0.15, 0.2) is 0 Å². The Kier molecular flexibility index (Phi) is 6.39. The summed E-state index contributed by atoms with van der Waals surface area (Å²) < 4.78 is 28.7. The van der Waals surface area contributed by atoms with Crippen LogP contribution in [0.4, 0.5) is 11.4 Å². The number of hydrogen-bond donors (Lipinski definition) is 1. The number of carbonyl (C=O) groups is 1. The third-order valence-electron chi connectivity index (χ3n) is 4.44. The average molecular weight is 473 g/mol. The third kappa shape index (κ3) is 4.86. The van der Waals surface area contributed by atoms with Gasteiger partial charge in [0.25, 0.3) is 10.0 Å². The molecule has 1 N–H and O–H groups in total. The van der Waals surface area contributed by atoms with Crippen molar-refractivity contribution in [1.82, 2.24) is 0 Å². The minimum Gasteiger partial charge on any atom is -0.325 e. The van der Waals surface area contributed by atoms with E-state index in [1.54, 1.807) is 36.4 Å². The van der Waals surface area contributed by atoms with Gasteiger partial charge in [0, 0.05) is 10.2 Å². The van der Waals surface area contributed by atoms with E-state index in [0.29, 0.717) is 11.4 Å². The van der Waals surface area contributed by atoms with Crippen LogP contribution in [0, 0.1) is 13.8 Å². The first kappa shape index (κ1) is 21.1. The van der Waals surface area contributed by atoms with Gasteiger partial charge in [0.05, 0.1) is 10.6 Å². The molecule has 3 aromatic rings. The van der Waals surface area contributed by atoms with Gasteiger partial charge in [-0.3, -0.25) is 9.10 Å². The van der Waals surface area contributed by atoms with Gasteiger partial charge in [0.2, 0.25) is 5.91 Å².